The van der Waals surface area contributed by atoms with E-state index in [4.69, 9.17) is 7.67 Å². The van der Waals surface area contributed by atoms with Crippen molar-refractivity contribution in [3.63, 3.8) is 0 Å². The molecular weight excluding hydrogens is 377 g/mol. The van der Waals surface area contributed by atoms with E-state index in [1.54, 1.807) is 31.9 Å². The molecule has 0 N–H and O–H groups in total. The van der Waals surface area contributed by atoms with E-state index in [0.29, 0.717) is 0 Å². The second-order valence-electron chi connectivity index (χ2n) is 0. The molecule has 0 saturated carbocycles. The summed E-state index contributed by atoms with van der Waals surface area (Å²) in [7, 11) is 0. The van der Waals surface area contributed by atoms with Crippen LogP contribution in [0.5, 0.6) is 0 Å². The fourth-order valence-electron chi connectivity index (χ4n) is 0. The molecule has 8 heteroatoms. The van der Waals surface area contributed by atoms with Crippen LogP contribution in [0.4, 0.5) is 0 Å². The van der Waals surface area contributed by atoms with Crippen LogP contribution in [0.15, 0.2) is 0 Å². The van der Waals surface area contributed by atoms with Crippen molar-refractivity contribution >= 4 is 0 Å². The van der Waals surface area contributed by atoms with Gasteiger partial charge in [0.05, 0.1) is 0 Å². The Morgan fingerprint density at radius 2 is 0.625 bits per heavy atom. The van der Waals surface area contributed by atoms with Crippen molar-refractivity contribution in [2.75, 3.05) is 0 Å². The van der Waals surface area contributed by atoms with E-state index in [1.807, 2.05) is 0 Å². The van der Waals surface area contributed by atoms with Gasteiger partial charge in [-0.25, -0.2) is 0 Å². The van der Waals surface area contributed by atoms with E-state index < -0.39 is 0 Å². The molecule has 0 aromatic rings. The second-order valence-corrected chi connectivity index (χ2v) is 0. The fraction of sp³-hybridized carbons (Fsp3) is 0. The average molecular weight is 377 g/mol. The molecular formula is Co2Mn2Ni2O2. The Bertz CT molecular complexity index is 18.0. The average Bonchev–Trinajstić information content (AvgIpc) is 1.50. The first-order chi connectivity index (χ1) is 2.00. The monoisotopic (exact) mass is 376 g/mol. The molecule has 64 valence electrons. The topological polar surface area (TPSA) is 34.1 Å². The number of hydrogen-bond acceptors (Lipinski definition) is 2. The SMILES string of the molecule is [Co].[Co].[Ni].[Ni].[O]=[Mn].[O]=[Mn]. The molecule has 8 heavy (non-hydrogen) atoms. The van der Waals surface area contributed by atoms with Crippen molar-refractivity contribution in [3.05, 3.63) is 0 Å². The molecule has 0 fully saturated rings. The molecule has 2 nitrogen and oxygen atoms in total. The summed E-state index contributed by atoms with van der Waals surface area (Å²) in [4.78, 5) is 0. The maximum atomic E-state index is 8.06. The Kier molecular flexibility index (Phi) is 593. The third kappa shape index (κ3) is 72.4. The predicted molar refractivity (Wildman–Crippen MR) is 1.37 cm³/mol. The fourth-order valence-corrected chi connectivity index (χ4v) is 0. The van der Waals surface area contributed by atoms with E-state index in [2.05, 4.69) is 0 Å². The molecule has 0 rings (SSSR count). The van der Waals surface area contributed by atoms with Crippen molar-refractivity contribution in [1.29, 1.82) is 0 Å². The minimum absolute atomic E-state index is 0. The maximum absolute atomic E-state index is 8.06. The summed E-state index contributed by atoms with van der Waals surface area (Å²) in [5, 5.41) is 0. The van der Waals surface area contributed by atoms with Crippen molar-refractivity contribution < 1.29 is 106 Å². The minimum atomic E-state index is 0. The summed E-state index contributed by atoms with van der Waals surface area (Å²) in [5.41, 5.74) is 0. The Morgan fingerprint density at radius 1 is 0.625 bits per heavy atom. The summed E-state index contributed by atoms with van der Waals surface area (Å²) >= 11 is 3.38. The van der Waals surface area contributed by atoms with Crippen LogP contribution in [-0.2, 0) is 106 Å². The van der Waals surface area contributed by atoms with Gasteiger partial charge in [0.1, 0.15) is 0 Å². The van der Waals surface area contributed by atoms with Crippen molar-refractivity contribution in [1.82, 2.24) is 0 Å². The van der Waals surface area contributed by atoms with Crippen LogP contribution in [0.2, 0.25) is 0 Å². The van der Waals surface area contributed by atoms with Gasteiger partial charge >= 0.3 is 39.6 Å². The van der Waals surface area contributed by atoms with Gasteiger partial charge in [0.2, 0.25) is 0 Å². The first-order valence-corrected chi connectivity index (χ1v) is 1.27. The molecule has 0 bridgehead atoms. The number of rotatable bonds is 0. The first kappa shape index (κ1) is 45.9. The standard InChI is InChI=1S/2Co.2Mn.2Ni.2O. The van der Waals surface area contributed by atoms with E-state index in [0.717, 1.165) is 0 Å². The molecule has 0 aliphatic rings. The molecule has 0 aromatic carbocycles. The van der Waals surface area contributed by atoms with Gasteiger partial charge in [-0.1, -0.05) is 0 Å². The van der Waals surface area contributed by atoms with E-state index in [1.165, 1.54) is 0 Å². The Labute approximate surface area is 105 Å². The van der Waals surface area contributed by atoms with Gasteiger partial charge in [0.15, 0.2) is 0 Å². The summed E-state index contributed by atoms with van der Waals surface area (Å²) in [6.45, 7) is 0. The molecule has 0 heterocycles. The van der Waals surface area contributed by atoms with Gasteiger partial charge in [-0.3, -0.25) is 0 Å². The molecule has 0 aromatic heterocycles. The zero-order valence-corrected chi connectivity index (χ0v) is 9.29. The molecule has 0 aliphatic carbocycles. The van der Waals surface area contributed by atoms with Crippen LogP contribution in [-0.4, -0.2) is 0 Å². The van der Waals surface area contributed by atoms with E-state index >= 15 is 0 Å². The van der Waals surface area contributed by atoms with Crippen molar-refractivity contribution in [2.24, 2.45) is 0 Å². The summed E-state index contributed by atoms with van der Waals surface area (Å²) in [6.07, 6.45) is 0. The quantitative estimate of drug-likeness (QED) is 0.546. The normalized spacial score (nSPS) is 1.00. The van der Waals surface area contributed by atoms with E-state index in [-0.39, 0.29) is 66.5 Å². The Hall–Kier alpha value is 2.64. The molecule has 0 saturated heterocycles. The summed E-state index contributed by atoms with van der Waals surface area (Å²) < 4.78 is 16.1. The van der Waals surface area contributed by atoms with E-state index in [9.17, 15) is 0 Å². The zero-order chi connectivity index (χ0) is 4.00. The van der Waals surface area contributed by atoms with Gasteiger partial charge in [-0.2, -0.15) is 0 Å². The van der Waals surface area contributed by atoms with Crippen LogP contribution in [0.1, 0.15) is 0 Å². The molecule has 0 atom stereocenters. The molecule has 0 unspecified atom stereocenters. The van der Waals surface area contributed by atoms with Crippen molar-refractivity contribution in [2.45, 2.75) is 0 Å². The third-order valence-electron chi connectivity index (χ3n) is 0. The van der Waals surface area contributed by atoms with Crippen LogP contribution < -0.4 is 0 Å². The van der Waals surface area contributed by atoms with Gasteiger partial charge in [-0.15, -0.1) is 0 Å². The van der Waals surface area contributed by atoms with Gasteiger partial charge in [0.25, 0.3) is 0 Å². The predicted octanol–water partition coefficient (Wildman–Crippen LogP) is -0.253. The summed E-state index contributed by atoms with van der Waals surface area (Å²) in [5.74, 6) is 0. The first-order valence-electron chi connectivity index (χ1n) is 0.309. The molecule has 0 spiro atoms. The molecule has 0 aliphatic heterocycles. The zero-order valence-electron chi connectivity index (χ0n) is 2.87. The second kappa shape index (κ2) is 103. The third-order valence-corrected chi connectivity index (χ3v) is 0. The Morgan fingerprint density at radius 3 is 0.625 bits per heavy atom. The van der Waals surface area contributed by atoms with Gasteiger partial charge < -0.3 is 0 Å². The summed E-state index contributed by atoms with van der Waals surface area (Å²) in [6, 6.07) is 0. The molecule has 0 amide bonds. The van der Waals surface area contributed by atoms with Crippen LogP contribution in [0.3, 0.4) is 0 Å². The van der Waals surface area contributed by atoms with Crippen molar-refractivity contribution in [3.8, 4) is 0 Å². The van der Waals surface area contributed by atoms with Crippen LogP contribution in [0, 0.1) is 0 Å². The van der Waals surface area contributed by atoms with Gasteiger partial charge in [-0.05, 0) is 0 Å². The number of hydrogen-bond donors (Lipinski definition) is 0. The van der Waals surface area contributed by atoms with Crippen LogP contribution >= 0.6 is 0 Å². The molecule has 2 radical (unpaired) electrons. The Balaban J connectivity index is -0.00000000167. The van der Waals surface area contributed by atoms with Crippen LogP contribution in [0.25, 0.3) is 0 Å². The van der Waals surface area contributed by atoms with Gasteiger partial charge in [0, 0.05) is 66.5 Å².